The Morgan fingerprint density at radius 3 is 2.48 bits per heavy atom. The lowest BCUT2D eigenvalue weighted by Crippen LogP contribution is -2.31. The molecule has 0 spiro atoms. The van der Waals surface area contributed by atoms with Gasteiger partial charge in [0.05, 0.1) is 11.7 Å². The van der Waals surface area contributed by atoms with Crippen LogP contribution in [0.2, 0.25) is 0 Å². The molecule has 0 aliphatic heterocycles. The van der Waals surface area contributed by atoms with Crippen LogP contribution in [0.25, 0.3) is 0 Å². The largest absolute Gasteiger partial charge is 0.452 e. The van der Waals surface area contributed by atoms with E-state index in [1.54, 1.807) is 6.92 Å². The van der Waals surface area contributed by atoms with Crippen LogP contribution in [0.1, 0.15) is 59.8 Å². The normalized spacial score (nSPS) is 11.8. The van der Waals surface area contributed by atoms with Crippen LogP contribution in [0.3, 0.4) is 0 Å². The molecule has 25 heavy (non-hydrogen) atoms. The van der Waals surface area contributed by atoms with E-state index in [1.807, 2.05) is 38.1 Å². The van der Waals surface area contributed by atoms with Crippen LogP contribution in [-0.4, -0.2) is 23.6 Å². The summed E-state index contributed by atoms with van der Waals surface area (Å²) in [5.41, 5.74) is 3.08. The second-order valence-corrected chi connectivity index (χ2v) is 5.87. The molecule has 1 atom stereocenters. The summed E-state index contributed by atoms with van der Waals surface area (Å²) >= 11 is 0. The Morgan fingerprint density at radius 1 is 1.20 bits per heavy atom. The molecule has 0 saturated carbocycles. The van der Waals surface area contributed by atoms with Gasteiger partial charge in [-0.25, -0.2) is 4.79 Å². The SMILES string of the molecule is CCc1ccc(C(C)NC(=O)COC(=O)c2c(CC)noc2C)cc1. The summed E-state index contributed by atoms with van der Waals surface area (Å²) in [7, 11) is 0. The van der Waals surface area contributed by atoms with E-state index in [4.69, 9.17) is 9.26 Å². The second kappa shape index (κ2) is 8.46. The zero-order valence-corrected chi connectivity index (χ0v) is 15.1. The fraction of sp³-hybridized carbons (Fsp3) is 0.421. The summed E-state index contributed by atoms with van der Waals surface area (Å²) in [5.74, 6) is -0.551. The van der Waals surface area contributed by atoms with Gasteiger partial charge in [-0.3, -0.25) is 4.79 Å². The standard InChI is InChI=1S/C19H24N2O4/c1-5-14-7-9-15(10-8-14)12(3)20-17(22)11-24-19(23)18-13(4)25-21-16(18)6-2/h7-10,12H,5-6,11H2,1-4H3,(H,20,22). The number of nitrogens with one attached hydrogen (secondary N) is 1. The molecule has 1 aromatic heterocycles. The molecule has 1 N–H and O–H groups in total. The van der Waals surface area contributed by atoms with Crippen molar-refractivity contribution in [1.82, 2.24) is 10.5 Å². The van der Waals surface area contributed by atoms with Crippen molar-refractivity contribution in [3.8, 4) is 0 Å². The third-order valence-electron chi connectivity index (χ3n) is 4.07. The number of ether oxygens (including phenoxy) is 1. The van der Waals surface area contributed by atoms with Crippen LogP contribution in [0, 0.1) is 6.92 Å². The first-order chi connectivity index (χ1) is 12.0. The fourth-order valence-corrected chi connectivity index (χ4v) is 2.53. The van der Waals surface area contributed by atoms with Crippen LogP contribution in [-0.2, 0) is 22.4 Å². The number of esters is 1. The number of carbonyl (C=O) groups excluding carboxylic acids is 2. The molecule has 0 aliphatic carbocycles. The van der Waals surface area contributed by atoms with Crippen LogP contribution in [0.4, 0.5) is 0 Å². The molecule has 0 radical (unpaired) electrons. The van der Waals surface area contributed by atoms with Gasteiger partial charge in [-0.1, -0.05) is 43.3 Å². The number of nitrogens with zero attached hydrogens (tertiary/aromatic N) is 1. The van der Waals surface area contributed by atoms with Crippen LogP contribution in [0.15, 0.2) is 28.8 Å². The molecule has 1 amide bonds. The minimum Gasteiger partial charge on any atom is -0.452 e. The Hall–Kier alpha value is -2.63. The van der Waals surface area contributed by atoms with Gasteiger partial charge in [0.15, 0.2) is 6.61 Å². The van der Waals surface area contributed by atoms with Crippen molar-refractivity contribution in [3.63, 3.8) is 0 Å². The zero-order valence-electron chi connectivity index (χ0n) is 15.1. The quantitative estimate of drug-likeness (QED) is 0.780. The fourth-order valence-electron chi connectivity index (χ4n) is 2.53. The predicted octanol–water partition coefficient (Wildman–Crippen LogP) is 3.14. The highest BCUT2D eigenvalue weighted by Crippen LogP contribution is 2.16. The van der Waals surface area contributed by atoms with E-state index in [2.05, 4.69) is 17.4 Å². The Balaban J connectivity index is 1.89. The molecule has 0 fully saturated rings. The maximum atomic E-state index is 12.1. The Kier molecular flexibility index (Phi) is 6.33. The molecule has 134 valence electrons. The first-order valence-electron chi connectivity index (χ1n) is 8.46. The number of rotatable bonds is 7. The molecule has 1 aromatic carbocycles. The lowest BCUT2D eigenvalue weighted by molar-refractivity contribution is -0.124. The van der Waals surface area contributed by atoms with Crippen molar-refractivity contribution in [2.24, 2.45) is 0 Å². The van der Waals surface area contributed by atoms with Gasteiger partial charge < -0.3 is 14.6 Å². The maximum absolute atomic E-state index is 12.1. The molecular weight excluding hydrogens is 320 g/mol. The zero-order chi connectivity index (χ0) is 18.4. The predicted molar refractivity (Wildman–Crippen MR) is 93.3 cm³/mol. The number of carbonyl (C=O) groups is 2. The van der Waals surface area contributed by atoms with E-state index in [9.17, 15) is 9.59 Å². The van der Waals surface area contributed by atoms with E-state index >= 15 is 0 Å². The molecule has 1 unspecified atom stereocenters. The van der Waals surface area contributed by atoms with Crippen molar-refractivity contribution >= 4 is 11.9 Å². The molecule has 2 aromatic rings. The van der Waals surface area contributed by atoms with Crippen LogP contribution < -0.4 is 5.32 Å². The van der Waals surface area contributed by atoms with Gasteiger partial charge in [0.2, 0.25) is 0 Å². The highest BCUT2D eigenvalue weighted by molar-refractivity contribution is 5.93. The van der Waals surface area contributed by atoms with Crippen molar-refractivity contribution in [2.45, 2.75) is 46.6 Å². The summed E-state index contributed by atoms with van der Waals surface area (Å²) in [4.78, 5) is 24.2. The molecular formula is C19H24N2O4. The lowest BCUT2D eigenvalue weighted by atomic mass is 10.1. The van der Waals surface area contributed by atoms with Crippen LogP contribution in [0.5, 0.6) is 0 Å². The Bertz CT molecular complexity index is 734. The van der Waals surface area contributed by atoms with Crippen molar-refractivity contribution in [2.75, 3.05) is 6.61 Å². The first-order valence-corrected chi connectivity index (χ1v) is 8.46. The number of hydrogen-bond acceptors (Lipinski definition) is 5. The smallest absolute Gasteiger partial charge is 0.344 e. The van der Waals surface area contributed by atoms with Crippen LogP contribution >= 0.6 is 0 Å². The summed E-state index contributed by atoms with van der Waals surface area (Å²) in [6, 6.07) is 7.90. The summed E-state index contributed by atoms with van der Waals surface area (Å²) in [5, 5.41) is 6.63. The van der Waals surface area contributed by atoms with E-state index in [-0.39, 0.29) is 18.6 Å². The topological polar surface area (TPSA) is 81.4 Å². The average Bonchev–Trinajstić information content (AvgIpc) is 3.00. The third kappa shape index (κ3) is 4.68. The second-order valence-electron chi connectivity index (χ2n) is 5.87. The maximum Gasteiger partial charge on any atom is 0.344 e. The third-order valence-corrected chi connectivity index (χ3v) is 4.07. The molecule has 0 aliphatic rings. The number of aromatic nitrogens is 1. The molecule has 2 rings (SSSR count). The van der Waals surface area contributed by atoms with Crippen molar-refractivity contribution in [3.05, 3.63) is 52.4 Å². The van der Waals surface area contributed by atoms with Gasteiger partial charge in [0, 0.05) is 0 Å². The number of amides is 1. The van der Waals surface area contributed by atoms with Crippen molar-refractivity contribution in [1.29, 1.82) is 0 Å². The van der Waals surface area contributed by atoms with Gasteiger partial charge in [0.1, 0.15) is 11.3 Å². The summed E-state index contributed by atoms with van der Waals surface area (Å²) in [6.07, 6.45) is 1.53. The van der Waals surface area contributed by atoms with Gasteiger partial charge in [-0.2, -0.15) is 0 Å². The van der Waals surface area contributed by atoms with Gasteiger partial charge in [-0.15, -0.1) is 0 Å². The first kappa shape index (κ1) is 18.7. The molecule has 6 heteroatoms. The highest BCUT2D eigenvalue weighted by Gasteiger charge is 2.21. The molecule has 0 saturated heterocycles. The monoisotopic (exact) mass is 344 g/mol. The van der Waals surface area contributed by atoms with E-state index in [1.165, 1.54) is 5.56 Å². The van der Waals surface area contributed by atoms with Gasteiger partial charge in [0.25, 0.3) is 5.91 Å². The van der Waals surface area contributed by atoms with Crippen molar-refractivity contribution < 1.29 is 18.8 Å². The summed E-state index contributed by atoms with van der Waals surface area (Å²) in [6.45, 7) is 7.15. The molecule has 1 heterocycles. The average molecular weight is 344 g/mol. The van der Waals surface area contributed by atoms with E-state index < -0.39 is 5.97 Å². The van der Waals surface area contributed by atoms with Gasteiger partial charge >= 0.3 is 5.97 Å². The highest BCUT2D eigenvalue weighted by atomic mass is 16.5. The Morgan fingerprint density at radius 2 is 1.88 bits per heavy atom. The molecule has 6 nitrogen and oxygen atoms in total. The molecule has 0 bridgehead atoms. The lowest BCUT2D eigenvalue weighted by Gasteiger charge is -2.15. The minimum absolute atomic E-state index is 0.166. The van der Waals surface area contributed by atoms with E-state index in [0.717, 1.165) is 12.0 Å². The van der Waals surface area contributed by atoms with E-state index in [0.29, 0.717) is 23.4 Å². The number of benzene rings is 1. The minimum atomic E-state index is -0.592. The van der Waals surface area contributed by atoms with Gasteiger partial charge in [-0.05, 0) is 37.8 Å². The number of aryl methyl sites for hydroxylation is 3. The summed E-state index contributed by atoms with van der Waals surface area (Å²) < 4.78 is 10.1. The number of hydrogen-bond donors (Lipinski definition) is 1. The Labute approximate surface area is 147 Å².